The molecule has 2 rings (SSSR count). The first kappa shape index (κ1) is 29.6. The van der Waals surface area contributed by atoms with Gasteiger partial charge in [-0.15, -0.1) is 0 Å². The fraction of sp³-hybridized carbons (Fsp3) is 0.364. The lowest BCUT2D eigenvalue weighted by molar-refractivity contribution is -0.385. The lowest BCUT2D eigenvalue weighted by Crippen LogP contribution is -2.30. The average Bonchev–Trinajstić information content (AvgIpc) is 2.81. The van der Waals surface area contributed by atoms with Gasteiger partial charge in [-0.2, -0.15) is 0 Å². The summed E-state index contributed by atoms with van der Waals surface area (Å²) < 4.78 is 0. The zero-order valence-corrected chi connectivity index (χ0v) is 19.9. The molecular formula is C22H29ClN4O6. The van der Waals surface area contributed by atoms with Crippen molar-refractivity contribution >= 4 is 34.1 Å². The maximum atomic E-state index is 11.8. The molecule has 1 amide bonds. The van der Waals surface area contributed by atoms with Crippen LogP contribution in [0.2, 0.25) is 0 Å². The number of benzene rings is 2. The third-order valence-electron chi connectivity index (χ3n) is 4.18. The van der Waals surface area contributed by atoms with Crippen LogP contribution in [-0.2, 0) is 0 Å². The summed E-state index contributed by atoms with van der Waals surface area (Å²) in [6, 6.07) is 10.7. The number of nitrogens with one attached hydrogen (secondary N) is 1. The molecule has 0 spiro atoms. The van der Waals surface area contributed by atoms with Gasteiger partial charge in [0, 0.05) is 48.5 Å². The van der Waals surface area contributed by atoms with Crippen LogP contribution in [-0.4, -0.2) is 52.1 Å². The second-order valence-corrected chi connectivity index (χ2v) is 6.66. The van der Waals surface area contributed by atoms with Crippen molar-refractivity contribution in [1.29, 1.82) is 0 Å². The highest BCUT2D eigenvalue weighted by atomic mass is 35.5. The highest BCUT2D eigenvalue weighted by Gasteiger charge is 2.13. The Bertz CT molecular complexity index is 865. The van der Waals surface area contributed by atoms with Crippen LogP contribution in [0.15, 0.2) is 48.5 Å². The predicted octanol–water partition coefficient (Wildman–Crippen LogP) is 4.67. The smallest absolute Gasteiger partial charge is 0.269 e. The SMILES string of the molecule is CCN(CC)C(=O)c1ccc([N+](=O)[O-])cc1.CCNCC.O=C(Cl)c1ccc([N+](=O)[O-])cc1. The lowest BCUT2D eigenvalue weighted by atomic mass is 10.2. The standard InChI is InChI=1S/C11H14N2O3.C7H4ClNO3.C4H11N/c1-3-12(4-2)11(14)9-5-7-10(8-6-9)13(15)16;8-7(10)5-1-3-6(4-2-5)9(11)12;1-3-5-4-2/h5-8H,3-4H2,1-2H3;1-4H;5H,3-4H2,1-2H3. The molecule has 0 radical (unpaired) electrons. The van der Waals surface area contributed by atoms with Gasteiger partial charge in [0.05, 0.1) is 9.85 Å². The molecule has 11 heteroatoms. The zero-order chi connectivity index (χ0) is 25.4. The van der Waals surface area contributed by atoms with E-state index >= 15 is 0 Å². The summed E-state index contributed by atoms with van der Waals surface area (Å²) in [5.41, 5.74) is 0.671. The minimum absolute atomic E-state index is 0.00361. The average molecular weight is 481 g/mol. The number of nitro groups is 2. The van der Waals surface area contributed by atoms with Gasteiger partial charge >= 0.3 is 0 Å². The molecule has 0 aliphatic rings. The third-order valence-corrected chi connectivity index (χ3v) is 4.40. The lowest BCUT2D eigenvalue weighted by Gasteiger charge is -2.18. The summed E-state index contributed by atoms with van der Waals surface area (Å²) in [7, 11) is 0. The topological polar surface area (TPSA) is 136 Å². The zero-order valence-electron chi connectivity index (χ0n) is 19.1. The van der Waals surface area contributed by atoms with Crippen LogP contribution < -0.4 is 5.32 Å². The number of carbonyl (C=O) groups is 2. The molecule has 0 saturated heterocycles. The molecule has 0 heterocycles. The van der Waals surface area contributed by atoms with E-state index < -0.39 is 15.1 Å². The van der Waals surface area contributed by atoms with Crippen molar-refractivity contribution in [2.45, 2.75) is 27.7 Å². The molecule has 1 N–H and O–H groups in total. The molecule has 0 aromatic heterocycles. The van der Waals surface area contributed by atoms with Gasteiger partial charge in [0.15, 0.2) is 0 Å². The summed E-state index contributed by atoms with van der Waals surface area (Å²) in [6.07, 6.45) is 0. The summed E-state index contributed by atoms with van der Waals surface area (Å²) in [4.78, 5) is 43.6. The van der Waals surface area contributed by atoms with Crippen molar-refractivity contribution in [3.63, 3.8) is 0 Å². The second kappa shape index (κ2) is 16.3. The molecule has 0 atom stereocenters. The fourth-order valence-corrected chi connectivity index (χ4v) is 2.51. The van der Waals surface area contributed by atoms with Crippen LogP contribution in [0.5, 0.6) is 0 Å². The molecule has 2 aromatic rings. The summed E-state index contributed by atoms with van der Waals surface area (Å²) in [5, 5.41) is 23.1. The first-order valence-electron chi connectivity index (χ1n) is 10.3. The highest BCUT2D eigenvalue weighted by molar-refractivity contribution is 6.67. The van der Waals surface area contributed by atoms with E-state index in [9.17, 15) is 29.8 Å². The Balaban J connectivity index is 0.000000530. The van der Waals surface area contributed by atoms with E-state index in [0.717, 1.165) is 13.1 Å². The van der Waals surface area contributed by atoms with Crippen LogP contribution in [0.4, 0.5) is 11.4 Å². The number of rotatable bonds is 8. The number of nitrogens with zero attached hydrogens (tertiary/aromatic N) is 3. The van der Waals surface area contributed by atoms with Gasteiger partial charge in [-0.05, 0) is 62.8 Å². The molecule has 0 saturated carbocycles. The monoisotopic (exact) mass is 480 g/mol. The van der Waals surface area contributed by atoms with Gasteiger partial charge < -0.3 is 10.2 Å². The molecule has 180 valence electrons. The maximum Gasteiger partial charge on any atom is 0.269 e. The Morgan fingerprint density at radius 1 is 0.788 bits per heavy atom. The summed E-state index contributed by atoms with van der Waals surface area (Å²) in [6.45, 7) is 11.4. The van der Waals surface area contributed by atoms with Crippen molar-refractivity contribution in [2.24, 2.45) is 0 Å². The van der Waals surface area contributed by atoms with Crippen molar-refractivity contribution < 1.29 is 19.4 Å². The van der Waals surface area contributed by atoms with Crippen LogP contribution in [0.3, 0.4) is 0 Å². The fourth-order valence-electron chi connectivity index (χ4n) is 2.38. The minimum atomic E-state index is -0.620. The molecule has 0 aliphatic carbocycles. The molecule has 10 nitrogen and oxygen atoms in total. The number of hydrogen-bond acceptors (Lipinski definition) is 7. The Hall–Kier alpha value is -3.37. The molecule has 0 fully saturated rings. The molecule has 33 heavy (non-hydrogen) atoms. The molecule has 2 aromatic carbocycles. The van der Waals surface area contributed by atoms with Crippen molar-refractivity contribution in [3.05, 3.63) is 79.9 Å². The van der Waals surface area contributed by atoms with Gasteiger partial charge in [-0.1, -0.05) is 13.8 Å². The quantitative estimate of drug-likeness (QED) is 0.329. The maximum absolute atomic E-state index is 11.8. The van der Waals surface area contributed by atoms with E-state index in [1.165, 1.54) is 48.5 Å². The van der Waals surface area contributed by atoms with E-state index in [0.29, 0.717) is 18.7 Å². The summed E-state index contributed by atoms with van der Waals surface area (Å²) in [5.74, 6) is -0.0973. The Labute approximate surface area is 197 Å². The third kappa shape index (κ3) is 11.2. The highest BCUT2D eigenvalue weighted by Crippen LogP contribution is 2.14. The van der Waals surface area contributed by atoms with Crippen molar-refractivity contribution in [2.75, 3.05) is 26.2 Å². The Morgan fingerprint density at radius 2 is 1.15 bits per heavy atom. The van der Waals surface area contributed by atoms with Gasteiger partial charge in [-0.3, -0.25) is 29.8 Å². The van der Waals surface area contributed by atoms with Crippen LogP contribution in [0.25, 0.3) is 0 Å². The van der Waals surface area contributed by atoms with E-state index in [1.807, 2.05) is 13.8 Å². The van der Waals surface area contributed by atoms with E-state index in [2.05, 4.69) is 19.2 Å². The number of amides is 1. The van der Waals surface area contributed by atoms with Gasteiger partial charge in [0.1, 0.15) is 0 Å². The van der Waals surface area contributed by atoms with Crippen molar-refractivity contribution in [3.8, 4) is 0 Å². The van der Waals surface area contributed by atoms with Crippen molar-refractivity contribution in [1.82, 2.24) is 10.2 Å². The summed E-state index contributed by atoms with van der Waals surface area (Å²) >= 11 is 5.13. The van der Waals surface area contributed by atoms with E-state index in [4.69, 9.17) is 11.6 Å². The first-order valence-corrected chi connectivity index (χ1v) is 10.7. The van der Waals surface area contributed by atoms with E-state index in [-0.39, 0.29) is 22.8 Å². The number of non-ortho nitro benzene ring substituents is 2. The molecule has 0 unspecified atom stereocenters. The Kier molecular flexibility index (Phi) is 14.6. The normalized spacial score (nSPS) is 9.48. The minimum Gasteiger partial charge on any atom is -0.339 e. The molecule has 0 bridgehead atoms. The van der Waals surface area contributed by atoms with Gasteiger partial charge in [0.25, 0.3) is 22.5 Å². The largest absolute Gasteiger partial charge is 0.339 e. The number of halogens is 1. The van der Waals surface area contributed by atoms with Crippen LogP contribution in [0, 0.1) is 20.2 Å². The first-order chi connectivity index (χ1) is 15.6. The number of nitro benzene ring substituents is 2. The number of hydrogen-bond donors (Lipinski definition) is 1. The Morgan fingerprint density at radius 3 is 1.39 bits per heavy atom. The second-order valence-electron chi connectivity index (χ2n) is 6.32. The van der Waals surface area contributed by atoms with Gasteiger partial charge in [-0.25, -0.2) is 0 Å². The predicted molar refractivity (Wildman–Crippen MR) is 128 cm³/mol. The van der Waals surface area contributed by atoms with E-state index in [1.54, 1.807) is 4.90 Å². The molecular weight excluding hydrogens is 452 g/mol. The van der Waals surface area contributed by atoms with Crippen LogP contribution in [0.1, 0.15) is 48.4 Å². The van der Waals surface area contributed by atoms with Gasteiger partial charge in [0.2, 0.25) is 0 Å². The molecule has 0 aliphatic heterocycles. The van der Waals surface area contributed by atoms with Crippen LogP contribution >= 0.6 is 11.6 Å². The number of carbonyl (C=O) groups excluding carboxylic acids is 2.